The van der Waals surface area contributed by atoms with E-state index in [1.807, 2.05) is 0 Å². The van der Waals surface area contributed by atoms with Crippen LogP contribution in [0, 0.1) is 17.8 Å². The SMILES string of the molecule is FC1CC(F)C(C2CC(F)C(C(F)(F)OC3CCC(OC(F)(F)F)CC3)C(F)C2)C(F)C1. The van der Waals surface area contributed by atoms with Crippen molar-refractivity contribution in [1.82, 2.24) is 0 Å². The summed E-state index contributed by atoms with van der Waals surface area (Å²) in [5, 5.41) is 0. The molecule has 0 aromatic rings. The van der Waals surface area contributed by atoms with E-state index in [9.17, 15) is 43.9 Å². The van der Waals surface area contributed by atoms with Gasteiger partial charge in [0.25, 0.3) is 0 Å². The molecule has 0 heterocycles. The van der Waals surface area contributed by atoms with E-state index in [-0.39, 0.29) is 25.7 Å². The van der Waals surface area contributed by atoms with Gasteiger partial charge in [0, 0.05) is 18.8 Å². The fourth-order valence-electron chi connectivity index (χ4n) is 5.40. The summed E-state index contributed by atoms with van der Waals surface area (Å²) in [4.78, 5) is 0. The van der Waals surface area contributed by atoms with Gasteiger partial charge in [-0.15, -0.1) is 13.2 Å². The van der Waals surface area contributed by atoms with E-state index in [4.69, 9.17) is 0 Å². The second-order valence-electron chi connectivity index (χ2n) is 9.11. The standard InChI is InChI=1S/C20H26F10O2/c21-10-7-13(22)17(14(23)8-10)9-5-15(24)18(16(25)6-9)19(26,27)31-11-1-3-12(4-2-11)32-20(28,29)30/h9-18H,1-8H2. The molecule has 0 aromatic heterocycles. The van der Waals surface area contributed by atoms with Crippen LogP contribution in [0.1, 0.15) is 51.4 Å². The molecule has 0 bridgehead atoms. The van der Waals surface area contributed by atoms with Crippen molar-refractivity contribution in [2.75, 3.05) is 0 Å². The Balaban J connectivity index is 1.57. The normalized spacial score (nSPS) is 44.4. The van der Waals surface area contributed by atoms with Crippen LogP contribution in [0.15, 0.2) is 0 Å². The van der Waals surface area contributed by atoms with Gasteiger partial charge in [-0.25, -0.2) is 22.0 Å². The van der Waals surface area contributed by atoms with Gasteiger partial charge in [0.1, 0.15) is 36.8 Å². The predicted octanol–water partition coefficient (Wildman–Crippen LogP) is 6.57. The zero-order valence-electron chi connectivity index (χ0n) is 17.0. The first-order valence-corrected chi connectivity index (χ1v) is 10.8. The lowest BCUT2D eigenvalue weighted by Gasteiger charge is -2.44. The van der Waals surface area contributed by atoms with Crippen molar-refractivity contribution in [3.8, 4) is 0 Å². The molecule has 188 valence electrons. The van der Waals surface area contributed by atoms with Gasteiger partial charge in [0.15, 0.2) is 0 Å². The average molecular weight is 488 g/mol. The van der Waals surface area contributed by atoms with Crippen molar-refractivity contribution >= 4 is 0 Å². The van der Waals surface area contributed by atoms with E-state index in [1.165, 1.54) is 0 Å². The monoisotopic (exact) mass is 488 g/mol. The second kappa shape index (κ2) is 9.84. The summed E-state index contributed by atoms with van der Waals surface area (Å²) in [5.74, 6) is -5.16. The first-order valence-electron chi connectivity index (χ1n) is 10.8. The van der Waals surface area contributed by atoms with E-state index in [2.05, 4.69) is 9.47 Å². The summed E-state index contributed by atoms with van der Waals surface area (Å²) in [6.07, 6.45) is -25.5. The Kier molecular flexibility index (Phi) is 7.94. The van der Waals surface area contributed by atoms with Crippen molar-refractivity contribution < 1.29 is 53.4 Å². The van der Waals surface area contributed by atoms with Crippen molar-refractivity contribution in [3.05, 3.63) is 0 Å². The smallest absolute Gasteiger partial charge is 0.317 e. The highest BCUT2D eigenvalue weighted by Crippen LogP contribution is 2.49. The maximum atomic E-state index is 14.7. The Hall–Kier alpha value is -0.780. The van der Waals surface area contributed by atoms with Gasteiger partial charge in [-0.05, 0) is 44.4 Å². The third-order valence-electron chi connectivity index (χ3n) is 6.81. The summed E-state index contributed by atoms with van der Waals surface area (Å²) in [6, 6.07) is 0. The summed E-state index contributed by atoms with van der Waals surface area (Å²) in [5.41, 5.74) is 0. The molecule has 3 rings (SSSR count). The van der Waals surface area contributed by atoms with Crippen molar-refractivity contribution in [2.45, 2.75) is 107 Å². The molecule has 2 nitrogen and oxygen atoms in total. The van der Waals surface area contributed by atoms with Crippen LogP contribution in [0.5, 0.6) is 0 Å². The molecule has 3 saturated carbocycles. The van der Waals surface area contributed by atoms with Gasteiger partial charge in [0.05, 0.1) is 12.2 Å². The predicted molar refractivity (Wildman–Crippen MR) is 92.6 cm³/mol. The number of ether oxygens (including phenoxy) is 2. The molecule has 0 spiro atoms. The topological polar surface area (TPSA) is 18.5 Å². The second-order valence-corrected chi connectivity index (χ2v) is 9.11. The molecular formula is C20H26F10O2. The van der Waals surface area contributed by atoms with Gasteiger partial charge in [-0.1, -0.05) is 0 Å². The summed E-state index contributed by atoms with van der Waals surface area (Å²) in [6.45, 7) is 0. The fourth-order valence-corrected chi connectivity index (χ4v) is 5.40. The van der Waals surface area contributed by atoms with E-state index >= 15 is 0 Å². The third kappa shape index (κ3) is 6.21. The van der Waals surface area contributed by atoms with Gasteiger partial charge in [0.2, 0.25) is 0 Å². The molecular weight excluding hydrogens is 462 g/mol. The molecule has 3 fully saturated rings. The van der Waals surface area contributed by atoms with Crippen LogP contribution in [0.3, 0.4) is 0 Å². The molecule has 4 unspecified atom stereocenters. The molecule has 0 aliphatic heterocycles. The fraction of sp³-hybridized carbons (Fsp3) is 1.00. The van der Waals surface area contributed by atoms with Crippen LogP contribution in [-0.4, -0.2) is 55.5 Å². The van der Waals surface area contributed by atoms with Crippen molar-refractivity contribution in [3.63, 3.8) is 0 Å². The Morgan fingerprint density at radius 2 is 1.00 bits per heavy atom. The minimum Gasteiger partial charge on any atom is -0.317 e. The molecule has 3 aliphatic rings. The highest BCUT2D eigenvalue weighted by atomic mass is 19.4. The van der Waals surface area contributed by atoms with Crippen molar-refractivity contribution in [1.29, 1.82) is 0 Å². The van der Waals surface area contributed by atoms with Crippen LogP contribution in [0.4, 0.5) is 43.9 Å². The Morgan fingerprint density at radius 3 is 1.44 bits per heavy atom. The van der Waals surface area contributed by atoms with Crippen LogP contribution in [0.2, 0.25) is 0 Å². The van der Waals surface area contributed by atoms with E-state index in [0.717, 1.165) is 0 Å². The summed E-state index contributed by atoms with van der Waals surface area (Å²) in [7, 11) is 0. The molecule has 0 saturated heterocycles. The molecule has 12 heteroatoms. The maximum Gasteiger partial charge on any atom is 0.522 e. The largest absolute Gasteiger partial charge is 0.522 e. The van der Waals surface area contributed by atoms with Crippen LogP contribution < -0.4 is 0 Å². The van der Waals surface area contributed by atoms with Crippen LogP contribution in [0.25, 0.3) is 0 Å². The highest BCUT2D eigenvalue weighted by molar-refractivity contribution is 4.98. The minimum absolute atomic E-state index is 0.209. The average Bonchev–Trinajstić information content (AvgIpc) is 2.60. The number of alkyl halides is 10. The zero-order valence-corrected chi connectivity index (χ0v) is 17.0. The zero-order chi connectivity index (χ0) is 23.8. The van der Waals surface area contributed by atoms with Gasteiger partial charge in [-0.2, -0.15) is 8.78 Å². The lowest BCUT2D eigenvalue weighted by Crippen LogP contribution is -2.52. The number of rotatable bonds is 5. The van der Waals surface area contributed by atoms with Gasteiger partial charge in [-0.3, -0.25) is 4.74 Å². The molecule has 32 heavy (non-hydrogen) atoms. The highest BCUT2D eigenvalue weighted by Gasteiger charge is 2.57. The third-order valence-corrected chi connectivity index (χ3v) is 6.81. The molecule has 4 atom stereocenters. The molecule has 0 amide bonds. The van der Waals surface area contributed by atoms with E-state index in [1.54, 1.807) is 0 Å². The Labute approximate surface area is 179 Å². The molecule has 0 radical (unpaired) electrons. The van der Waals surface area contributed by atoms with Gasteiger partial charge < -0.3 is 4.74 Å². The van der Waals surface area contributed by atoms with E-state index in [0.29, 0.717) is 0 Å². The Bertz CT molecular complexity index is 586. The summed E-state index contributed by atoms with van der Waals surface area (Å²) < 4.78 is 145. The number of halogens is 10. The molecule has 0 aromatic carbocycles. The molecule has 3 aliphatic carbocycles. The first-order chi connectivity index (χ1) is 14.8. The Morgan fingerprint density at radius 1 is 0.562 bits per heavy atom. The van der Waals surface area contributed by atoms with Crippen LogP contribution >= 0.6 is 0 Å². The summed E-state index contributed by atoms with van der Waals surface area (Å²) >= 11 is 0. The van der Waals surface area contributed by atoms with Gasteiger partial charge >= 0.3 is 12.5 Å². The molecule has 0 N–H and O–H groups in total. The lowest BCUT2D eigenvalue weighted by atomic mass is 9.67. The maximum absolute atomic E-state index is 14.7. The van der Waals surface area contributed by atoms with E-state index < -0.39 is 99.0 Å². The first kappa shape index (κ1) is 25.8. The van der Waals surface area contributed by atoms with Crippen molar-refractivity contribution in [2.24, 2.45) is 17.8 Å². The number of hydrogen-bond acceptors (Lipinski definition) is 2. The lowest BCUT2D eigenvalue weighted by molar-refractivity contribution is -0.352. The minimum atomic E-state index is -4.86. The van der Waals surface area contributed by atoms with Crippen LogP contribution in [-0.2, 0) is 9.47 Å². The number of hydrogen-bond donors (Lipinski definition) is 0. The quantitative estimate of drug-likeness (QED) is 0.408.